The monoisotopic (exact) mass is 619 g/mol. The first-order valence-electron chi connectivity index (χ1n) is 15.4. The van der Waals surface area contributed by atoms with E-state index in [0.717, 1.165) is 50.7 Å². The van der Waals surface area contributed by atoms with E-state index in [-0.39, 0.29) is 30.0 Å². The van der Waals surface area contributed by atoms with Crippen molar-refractivity contribution in [1.82, 2.24) is 0 Å². The Kier molecular flexibility index (Phi) is 15.0. The Labute approximate surface area is 263 Å². The number of benzene rings is 3. The fourth-order valence-corrected chi connectivity index (χ4v) is 4.36. The molecule has 0 amide bonds. The zero-order chi connectivity index (χ0) is 32.3. The van der Waals surface area contributed by atoms with Gasteiger partial charge < -0.3 is 18.9 Å². The molecule has 0 atom stereocenters. The molecule has 0 aliphatic carbocycles. The summed E-state index contributed by atoms with van der Waals surface area (Å²) in [6.45, 7) is 5.09. The first-order valence-corrected chi connectivity index (χ1v) is 15.4. The maximum atomic E-state index is 12.2. The Bertz CT molecular complexity index is 1360. The summed E-state index contributed by atoms with van der Waals surface area (Å²) in [5.41, 5.74) is 1.75. The number of non-ortho nitro benzene ring substituents is 1. The van der Waals surface area contributed by atoms with E-state index in [0.29, 0.717) is 30.3 Å². The normalized spacial score (nSPS) is 10.9. The van der Waals surface area contributed by atoms with Crippen LogP contribution in [0.4, 0.5) is 17.1 Å². The van der Waals surface area contributed by atoms with Gasteiger partial charge in [0.25, 0.3) is 5.69 Å². The van der Waals surface area contributed by atoms with Crippen LogP contribution >= 0.6 is 0 Å². The first kappa shape index (κ1) is 34.7. The van der Waals surface area contributed by atoms with Gasteiger partial charge >= 0.3 is 11.9 Å². The minimum absolute atomic E-state index is 0.0145. The van der Waals surface area contributed by atoms with Gasteiger partial charge in [0, 0.05) is 12.1 Å². The van der Waals surface area contributed by atoms with E-state index in [9.17, 15) is 19.7 Å². The lowest BCUT2D eigenvalue weighted by Crippen LogP contribution is -2.10. The number of rotatable bonds is 20. The third-order valence-corrected chi connectivity index (χ3v) is 6.68. The van der Waals surface area contributed by atoms with Gasteiger partial charge in [0.05, 0.1) is 53.9 Å². The molecule has 0 saturated carbocycles. The molecule has 0 spiro atoms. The number of ether oxygens (including phenoxy) is 4. The van der Waals surface area contributed by atoms with Crippen molar-refractivity contribution in [2.24, 2.45) is 10.2 Å². The number of carbonyl (C=O) groups is 2. The van der Waals surface area contributed by atoms with Gasteiger partial charge in [0.15, 0.2) is 0 Å². The molecular formula is C34H41N3O8. The van der Waals surface area contributed by atoms with Gasteiger partial charge in [0.1, 0.15) is 11.5 Å². The third kappa shape index (κ3) is 12.8. The zero-order valence-corrected chi connectivity index (χ0v) is 25.9. The highest BCUT2D eigenvalue weighted by Crippen LogP contribution is 2.24. The molecule has 3 rings (SSSR count). The molecular weight excluding hydrogens is 578 g/mol. The van der Waals surface area contributed by atoms with E-state index >= 15 is 0 Å². The molecule has 0 saturated heterocycles. The Morgan fingerprint density at radius 2 is 1.04 bits per heavy atom. The van der Waals surface area contributed by atoms with Crippen molar-refractivity contribution in [3.8, 4) is 11.5 Å². The number of nitro benzene ring substituents is 1. The summed E-state index contributed by atoms with van der Waals surface area (Å²) in [5.74, 6) is 0.220. The van der Waals surface area contributed by atoms with Crippen LogP contribution in [0.1, 0.15) is 85.9 Å². The number of nitro groups is 1. The predicted octanol–water partition coefficient (Wildman–Crippen LogP) is 8.94. The molecule has 11 heteroatoms. The number of carbonyl (C=O) groups excluding carboxylic acids is 2. The van der Waals surface area contributed by atoms with Crippen LogP contribution in [0.15, 0.2) is 77.0 Å². The summed E-state index contributed by atoms with van der Waals surface area (Å²) in [6.07, 6.45) is 8.59. The van der Waals surface area contributed by atoms with Crippen LogP contribution in [0.25, 0.3) is 0 Å². The number of azo groups is 1. The summed E-state index contributed by atoms with van der Waals surface area (Å²) in [4.78, 5) is 34.7. The second kappa shape index (κ2) is 19.5. The molecule has 0 fully saturated rings. The fourth-order valence-electron chi connectivity index (χ4n) is 4.36. The van der Waals surface area contributed by atoms with Gasteiger partial charge in [-0.25, -0.2) is 9.59 Å². The average Bonchev–Trinajstić information content (AvgIpc) is 3.05. The van der Waals surface area contributed by atoms with Crippen molar-refractivity contribution in [2.75, 3.05) is 26.4 Å². The number of hydrogen-bond acceptors (Lipinski definition) is 10. The summed E-state index contributed by atoms with van der Waals surface area (Å²) < 4.78 is 21.8. The van der Waals surface area contributed by atoms with Crippen LogP contribution in [-0.2, 0) is 9.47 Å². The second-order valence-electron chi connectivity index (χ2n) is 10.2. The van der Waals surface area contributed by atoms with Crippen LogP contribution in [0.5, 0.6) is 11.5 Å². The van der Waals surface area contributed by atoms with Crippen molar-refractivity contribution in [2.45, 2.75) is 65.2 Å². The van der Waals surface area contributed by atoms with Gasteiger partial charge in [-0.2, -0.15) is 10.2 Å². The molecule has 0 aliphatic rings. The lowest BCUT2D eigenvalue weighted by Gasteiger charge is -2.11. The maximum Gasteiger partial charge on any atom is 0.338 e. The zero-order valence-electron chi connectivity index (χ0n) is 25.9. The molecule has 3 aromatic rings. The fraction of sp³-hybridized carbons (Fsp3) is 0.412. The summed E-state index contributed by atoms with van der Waals surface area (Å²) in [7, 11) is 0. The highest BCUT2D eigenvalue weighted by atomic mass is 16.6. The number of hydrogen-bond donors (Lipinski definition) is 0. The molecule has 0 aromatic heterocycles. The Hall–Kier alpha value is -4.80. The smallest absolute Gasteiger partial charge is 0.338 e. The molecule has 45 heavy (non-hydrogen) atoms. The van der Waals surface area contributed by atoms with E-state index in [1.54, 1.807) is 38.1 Å². The SMILES string of the molecule is CCOC(=O)c1cc(OCCCCCCCCCCOc2ccc(N=Nc3ccc([N+](=O)[O-])cc3)cc2)cc(C(=O)OCC)c1. The van der Waals surface area contributed by atoms with Crippen molar-refractivity contribution in [3.05, 3.63) is 88.0 Å². The molecule has 3 aromatic carbocycles. The highest BCUT2D eigenvalue weighted by molar-refractivity contribution is 5.96. The summed E-state index contributed by atoms with van der Waals surface area (Å²) >= 11 is 0. The molecule has 11 nitrogen and oxygen atoms in total. The molecule has 0 unspecified atom stereocenters. The lowest BCUT2D eigenvalue weighted by molar-refractivity contribution is -0.384. The molecule has 0 aliphatic heterocycles. The third-order valence-electron chi connectivity index (χ3n) is 6.68. The van der Waals surface area contributed by atoms with Crippen molar-refractivity contribution in [1.29, 1.82) is 0 Å². The lowest BCUT2D eigenvalue weighted by atomic mass is 10.1. The van der Waals surface area contributed by atoms with E-state index in [1.807, 2.05) is 24.3 Å². The Morgan fingerprint density at radius 3 is 1.49 bits per heavy atom. The van der Waals surface area contributed by atoms with E-state index in [2.05, 4.69) is 10.2 Å². The maximum absolute atomic E-state index is 12.2. The first-order chi connectivity index (χ1) is 21.9. The van der Waals surface area contributed by atoms with Crippen LogP contribution in [0, 0.1) is 10.1 Å². The van der Waals surface area contributed by atoms with Crippen LogP contribution in [-0.4, -0.2) is 43.3 Å². The van der Waals surface area contributed by atoms with Crippen LogP contribution in [0.3, 0.4) is 0 Å². The van der Waals surface area contributed by atoms with E-state index in [1.165, 1.54) is 24.6 Å². The van der Waals surface area contributed by atoms with E-state index in [4.69, 9.17) is 18.9 Å². The molecule has 0 heterocycles. The van der Waals surface area contributed by atoms with Gasteiger partial charge in [0.2, 0.25) is 0 Å². The van der Waals surface area contributed by atoms with Gasteiger partial charge in [-0.15, -0.1) is 0 Å². The highest BCUT2D eigenvalue weighted by Gasteiger charge is 2.15. The topological polar surface area (TPSA) is 139 Å². The van der Waals surface area contributed by atoms with Crippen molar-refractivity contribution in [3.63, 3.8) is 0 Å². The largest absolute Gasteiger partial charge is 0.494 e. The van der Waals surface area contributed by atoms with Crippen molar-refractivity contribution >= 4 is 29.0 Å². The van der Waals surface area contributed by atoms with Crippen LogP contribution in [0.2, 0.25) is 0 Å². The molecule has 240 valence electrons. The molecule has 0 bridgehead atoms. The predicted molar refractivity (Wildman–Crippen MR) is 170 cm³/mol. The quantitative estimate of drug-likeness (QED) is 0.0401. The molecule has 0 N–H and O–H groups in total. The Morgan fingerprint density at radius 1 is 0.622 bits per heavy atom. The summed E-state index contributed by atoms with van der Waals surface area (Å²) in [6, 6.07) is 17.9. The van der Waals surface area contributed by atoms with Gasteiger partial charge in [-0.05, 0) is 81.3 Å². The van der Waals surface area contributed by atoms with Gasteiger partial charge in [-0.3, -0.25) is 10.1 Å². The van der Waals surface area contributed by atoms with Gasteiger partial charge in [-0.1, -0.05) is 38.5 Å². The standard InChI is InChI=1S/C34H41N3O8/c1-3-42-33(38)26-23-27(34(39)43-4-2)25-32(24-26)45-22-12-10-8-6-5-7-9-11-21-44-31-19-15-29(16-20-31)36-35-28-13-17-30(18-14-28)37(40)41/h13-20,23-25H,3-12,21-22H2,1-2H3. The minimum atomic E-state index is -0.503. The number of nitrogens with zero attached hydrogens (tertiary/aromatic N) is 3. The number of esters is 2. The number of unbranched alkanes of at least 4 members (excludes halogenated alkanes) is 7. The minimum Gasteiger partial charge on any atom is -0.494 e. The summed E-state index contributed by atoms with van der Waals surface area (Å²) in [5, 5.41) is 19.0. The Balaban J connectivity index is 1.24. The van der Waals surface area contributed by atoms with Crippen molar-refractivity contribution < 1.29 is 33.5 Å². The second-order valence-corrected chi connectivity index (χ2v) is 10.2. The van der Waals surface area contributed by atoms with E-state index < -0.39 is 16.9 Å². The average molecular weight is 620 g/mol. The van der Waals surface area contributed by atoms with Crippen LogP contribution < -0.4 is 9.47 Å². The molecule has 0 radical (unpaired) electrons.